The zero-order chi connectivity index (χ0) is 98.2. The van der Waals surface area contributed by atoms with Crippen molar-refractivity contribution >= 4 is 290 Å². The summed E-state index contributed by atoms with van der Waals surface area (Å²) in [6.07, 6.45) is 0.898. The molecule has 0 radical (unpaired) electrons. The number of aromatic amines is 1. The van der Waals surface area contributed by atoms with Gasteiger partial charge in [-0.1, -0.05) is 259 Å². The number of pyridine rings is 1. The van der Waals surface area contributed by atoms with Crippen LogP contribution in [0.2, 0.25) is 0 Å². The highest BCUT2D eigenvalue weighted by Crippen LogP contribution is 2.49. The first-order valence-electron chi connectivity index (χ1n) is 48.4. The molecule has 21 aromatic carbocycles. The van der Waals surface area contributed by atoms with Crippen LogP contribution >= 0.6 is 47.8 Å². The molecule has 0 unspecified atom stereocenters. The Labute approximate surface area is 862 Å². The lowest BCUT2D eigenvalue weighted by Gasteiger charge is -2.11. The van der Waals surface area contributed by atoms with E-state index < -0.39 is 0 Å². The highest BCUT2D eigenvalue weighted by Gasteiger charge is 2.27. The Morgan fingerprint density at radius 3 is 1.04 bits per heavy atom. The van der Waals surface area contributed by atoms with Crippen molar-refractivity contribution in [3.05, 3.63) is 474 Å². The van der Waals surface area contributed by atoms with Crippen LogP contribution in [0.3, 0.4) is 0 Å². The van der Waals surface area contributed by atoms with Crippen LogP contribution in [0.1, 0.15) is 10.4 Å². The van der Waals surface area contributed by atoms with Crippen LogP contribution in [0.25, 0.3) is 259 Å². The second-order valence-electron chi connectivity index (χ2n) is 36.5. The Morgan fingerprint density at radius 1 is 0.252 bits per heavy atom. The Morgan fingerprint density at radius 2 is 0.599 bits per heavy atom. The van der Waals surface area contributed by atoms with Gasteiger partial charge in [0, 0.05) is 123 Å². The van der Waals surface area contributed by atoms with Gasteiger partial charge in [-0.3, -0.25) is 9.20 Å². The number of nitrogens with two attached hydrogens (primary N) is 2. The molecule has 32 rings (SSSR count). The minimum absolute atomic E-state index is 0.646. The van der Waals surface area contributed by atoms with Gasteiger partial charge >= 0.3 is 0 Å². The number of furan rings is 4. The summed E-state index contributed by atoms with van der Waals surface area (Å²) < 4.78 is 39.8. The van der Waals surface area contributed by atoms with E-state index in [0.29, 0.717) is 16.9 Å². The molecule has 15 nitrogen and oxygen atoms in total. The summed E-state index contributed by atoms with van der Waals surface area (Å²) in [6.45, 7) is 0. The van der Waals surface area contributed by atoms with Crippen LogP contribution in [-0.2, 0) is 0 Å². The molecule has 11 aromatic heterocycles. The topological polar surface area (TPSA) is 187 Å². The van der Waals surface area contributed by atoms with E-state index in [0.717, 1.165) is 219 Å². The highest BCUT2D eigenvalue weighted by molar-refractivity contribution is 9.13. The van der Waals surface area contributed by atoms with E-state index in [1.165, 1.54) is 59.5 Å². The summed E-state index contributed by atoms with van der Waals surface area (Å²) >= 11 is 10.3. The molecule has 0 saturated carbocycles. The predicted molar refractivity (Wildman–Crippen MR) is 619 cm³/mol. The third-order valence-corrected chi connectivity index (χ3v) is 30.5. The fraction of sp³-hybridized carbons (Fsp3) is 0. The maximum atomic E-state index is 11.4. The van der Waals surface area contributed by atoms with Crippen molar-refractivity contribution in [3.8, 4) is 34.1 Å². The van der Waals surface area contributed by atoms with Gasteiger partial charge in [-0.05, 0) is 250 Å². The lowest BCUT2D eigenvalue weighted by molar-refractivity contribution is 0.112. The molecule has 147 heavy (non-hydrogen) atoms. The van der Waals surface area contributed by atoms with Gasteiger partial charge in [-0.2, -0.15) is 0 Å². The van der Waals surface area contributed by atoms with Gasteiger partial charge in [0.05, 0.1) is 105 Å². The van der Waals surface area contributed by atoms with Crippen LogP contribution in [-0.4, -0.2) is 43.9 Å². The first-order chi connectivity index (χ1) is 72.5. The van der Waals surface area contributed by atoms with Crippen LogP contribution in [0.4, 0.5) is 11.4 Å². The van der Waals surface area contributed by atoms with Gasteiger partial charge in [0.1, 0.15) is 62.4 Å². The number of nitrogen functional groups attached to an aromatic ring is 2. The molecular formula is C129H81Br3N10O5. The number of benzene rings is 21. The molecule has 0 amide bonds. The number of nitrogens with zero attached hydrogens (tertiary/aromatic N) is 7. The quantitative estimate of drug-likeness (QED) is 0.0827. The van der Waals surface area contributed by atoms with Gasteiger partial charge in [-0.25, -0.2) is 9.97 Å². The lowest BCUT2D eigenvalue weighted by Crippen LogP contribution is -1.95. The molecule has 11 heterocycles. The first-order valence-corrected chi connectivity index (χ1v) is 50.8. The predicted octanol–water partition coefficient (Wildman–Crippen LogP) is 36.0. The van der Waals surface area contributed by atoms with Gasteiger partial charge in [0.15, 0.2) is 0 Å². The third-order valence-electron chi connectivity index (χ3n) is 28.1. The van der Waals surface area contributed by atoms with Crippen molar-refractivity contribution in [2.75, 3.05) is 11.5 Å². The number of aromatic nitrogens is 8. The number of imidazole rings is 2. The smallest absolute Gasteiger partial charge is 0.150 e. The maximum Gasteiger partial charge on any atom is 0.150 e. The van der Waals surface area contributed by atoms with Crippen LogP contribution in [0.15, 0.2) is 486 Å². The number of fused-ring (bicyclic) bond motifs is 37. The number of nitrogens with one attached hydrogen (secondary N) is 1. The summed E-state index contributed by atoms with van der Waals surface area (Å²) in [4.78, 5) is 24.9. The summed E-state index contributed by atoms with van der Waals surface area (Å²) in [5.74, 6) is 0.872. The number of carbonyl (C=O) groups is 1. The van der Waals surface area contributed by atoms with E-state index in [-0.39, 0.29) is 0 Å². The normalized spacial score (nSPS) is 11.7. The summed E-state index contributed by atoms with van der Waals surface area (Å²) in [7, 11) is 0. The summed E-state index contributed by atoms with van der Waals surface area (Å²) in [5, 5.41) is 22.2. The van der Waals surface area contributed by atoms with E-state index >= 15 is 0 Å². The van der Waals surface area contributed by atoms with E-state index in [2.05, 4.69) is 373 Å². The van der Waals surface area contributed by atoms with E-state index in [1.54, 1.807) is 12.1 Å². The number of para-hydroxylation sites is 15. The summed E-state index contributed by atoms with van der Waals surface area (Å²) in [5.41, 5.74) is 40.8. The van der Waals surface area contributed by atoms with Crippen molar-refractivity contribution in [3.63, 3.8) is 0 Å². The highest BCUT2D eigenvalue weighted by atomic mass is 79.9. The van der Waals surface area contributed by atoms with E-state index in [4.69, 9.17) is 39.1 Å². The number of aldehydes is 1. The van der Waals surface area contributed by atoms with Crippen molar-refractivity contribution in [2.24, 2.45) is 0 Å². The van der Waals surface area contributed by atoms with Crippen molar-refractivity contribution < 1.29 is 22.5 Å². The standard InChI is InChI=1S/C37H21N3O.C31H19N3O.C25H15NO2.C24H14BrNO.C6H4Br2.C6H8N2/c1-2-10-22(11-3-1)39-32-21-28-26(23-12-4-7-15-30(23)40-31-16-8-6-14-29(31)38-37(28)40)20-27(32)24-18-19-34-35(36(24)39)25-13-5-9-17-33(25)41-34;1-2-8-20(9-3-1)34-26-18-19(31-32-24-11-5-6-12-25(24)33-31)14-15-21(26)22-16-17-28-29(30(22)34)23-10-4-7-13-27(23)35-28;27-15-16-10-11-18-19-12-13-23-24(20-8-4-5-9-22(20)28-23)25(19)26(21(18)14-16)17-6-2-1-3-7-17;25-15-10-11-17-18-12-13-22-23(19-8-4-5-9-21(19)27-22)24(18)26(20(17)14-15)16-6-2-1-3-7-16;2*7-5-3-1-2-4-6(5)8/h1-21H;1-18H,(H,32,33);1-15H;1-14H;1-4H;1-4H,7-8H2. The van der Waals surface area contributed by atoms with Gasteiger partial charge in [-0.15, -0.1) is 0 Å². The summed E-state index contributed by atoms with van der Waals surface area (Å²) in [6, 6.07) is 156. The second kappa shape index (κ2) is 36.0. The number of rotatable bonds is 6. The SMILES string of the molecule is Brc1ccc2c3ccc4oc5ccccc5c4c3n(-c3ccccc3)c2c1.Brc1ccccc1Br.Nc1ccccc1N.O=Cc1ccc2c3ccc4oc5ccccc5c4c3n(-c3ccccc3)c2c1.c1ccc(-n2c3cc(-c4nc5ccccc5[nH]4)ccc3c3ccc4oc5ccccc5c4c32)cc1.c1ccc(-n2c3cc4c(cc3c3ccc5oc6ccccc6c5c32)c2ccccc2n2c3ccccc3nc42)cc1. The number of hydrogen-bond acceptors (Lipinski definition) is 9. The molecular weight excluding hydrogens is 2010 g/mol. The Bertz CT molecular complexity index is 10800. The monoisotopic (exact) mass is 2090 g/mol. The molecule has 698 valence electrons. The minimum atomic E-state index is 0.646. The fourth-order valence-electron chi connectivity index (χ4n) is 21.7. The van der Waals surface area contributed by atoms with Gasteiger partial charge in [0.2, 0.25) is 0 Å². The first kappa shape index (κ1) is 87.7. The Hall–Kier alpha value is -18.3. The van der Waals surface area contributed by atoms with Crippen LogP contribution < -0.4 is 11.5 Å². The molecule has 0 aliphatic carbocycles. The van der Waals surface area contributed by atoms with E-state index in [1.807, 2.05) is 146 Å². The minimum Gasteiger partial charge on any atom is -0.456 e. The molecule has 0 fully saturated rings. The van der Waals surface area contributed by atoms with Gasteiger partial charge < -0.3 is 52.4 Å². The molecule has 18 heteroatoms. The molecule has 0 spiro atoms. The molecule has 32 aromatic rings. The maximum absolute atomic E-state index is 11.4. The molecule has 0 saturated heterocycles. The van der Waals surface area contributed by atoms with E-state index in [9.17, 15) is 4.79 Å². The number of halogens is 3. The van der Waals surface area contributed by atoms with Crippen LogP contribution in [0, 0.1) is 0 Å². The number of H-pyrrole nitrogens is 1. The number of anilines is 2. The van der Waals surface area contributed by atoms with Crippen molar-refractivity contribution in [1.82, 2.24) is 37.6 Å². The molecule has 0 aliphatic rings. The van der Waals surface area contributed by atoms with Crippen molar-refractivity contribution in [2.45, 2.75) is 0 Å². The lowest BCUT2D eigenvalue weighted by atomic mass is 10.0. The van der Waals surface area contributed by atoms with Crippen LogP contribution in [0.5, 0.6) is 0 Å². The second-order valence-corrected chi connectivity index (χ2v) is 39.2. The Kier molecular flexibility index (Phi) is 21.4. The average molecular weight is 2090 g/mol. The average Bonchev–Trinajstić information content (AvgIpc) is 1.54. The van der Waals surface area contributed by atoms with Gasteiger partial charge in [0.25, 0.3) is 0 Å². The zero-order valence-corrected chi connectivity index (χ0v) is 83.1. The molecule has 0 atom stereocenters. The number of hydrogen-bond donors (Lipinski definition) is 3. The molecule has 0 aliphatic heterocycles. The zero-order valence-electron chi connectivity index (χ0n) is 78.3. The fourth-order valence-corrected chi connectivity index (χ4v) is 22.6. The van der Waals surface area contributed by atoms with Crippen molar-refractivity contribution in [1.29, 1.82) is 0 Å². The largest absolute Gasteiger partial charge is 0.456 e. The molecule has 5 N–H and O–H groups in total. The third kappa shape index (κ3) is 14.8. The Balaban J connectivity index is 0.0000000930. The molecule has 0 bridgehead atoms. The number of carbonyl (C=O) groups excluding carboxylic acids is 1.